The number of nitrogens with one attached hydrogen (secondary N) is 1. The van der Waals surface area contributed by atoms with Gasteiger partial charge in [-0.1, -0.05) is 23.7 Å². The minimum atomic E-state index is -0.151. The van der Waals surface area contributed by atoms with Crippen LogP contribution in [0.3, 0.4) is 0 Å². The summed E-state index contributed by atoms with van der Waals surface area (Å²) in [4.78, 5) is 16.7. The molecule has 0 aliphatic heterocycles. The Labute approximate surface area is 127 Å². The molecule has 4 heteroatoms. The number of carbonyl (C=O) groups excluding carboxylic acids is 1. The van der Waals surface area contributed by atoms with Crippen LogP contribution in [-0.2, 0) is 0 Å². The van der Waals surface area contributed by atoms with Crippen molar-refractivity contribution >= 4 is 34.1 Å². The van der Waals surface area contributed by atoms with Crippen molar-refractivity contribution in [3.63, 3.8) is 0 Å². The molecule has 0 aliphatic rings. The molecule has 1 N–H and O–H groups in total. The van der Waals surface area contributed by atoms with Gasteiger partial charge in [0.15, 0.2) is 0 Å². The molecule has 3 aromatic rings. The topological polar surface area (TPSA) is 42.0 Å². The Morgan fingerprint density at radius 2 is 1.86 bits per heavy atom. The summed E-state index contributed by atoms with van der Waals surface area (Å²) in [5.74, 6) is -0.151. The van der Waals surface area contributed by atoms with Crippen molar-refractivity contribution in [2.45, 2.75) is 6.92 Å². The second-order valence-corrected chi connectivity index (χ2v) is 5.21. The molecule has 1 amide bonds. The number of rotatable bonds is 2. The number of hydrogen-bond acceptors (Lipinski definition) is 2. The Hall–Kier alpha value is -2.39. The predicted octanol–water partition coefficient (Wildman–Crippen LogP) is 4.45. The minimum Gasteiger partial charge on any atom is -0.322 e. The highest BCUT2D eigenvalue weighted by Gasteiger charge is 2.12. The van der Waals surface area contributed by atoms with Gasteiger partial charge in [-0.15, -0.1) is 0 Å². The van der Waals surface area contributed by atoms with Crippen LogP contribution in [-0.4, -0.2) is 10.9 Å². The zero-order chi connectivity index (χ0) is 14.8. The summed E-state index contributed by atoms with van der Waals surface area (Å²) in [6.07, 6.45) is 1.73. The maximum absolute atomic E-state index is 12.4. The number of anilines is 1. The van der Waals surface area contributed by atoms with Gasteiger partial charge in [0.2, 0.25) is 0 Å². The second kappa shape index (κ2) is 5.54. The highest BCUT2D eigenvalue weighted by atomic mass is 35.5. The van der Waals surface area contributed by atoms with Crippen LogP contribution in [0.25, 0.3) is 10.9 Å². The standard InChI is InChI=1S/C17H13ClN2O/c1-11-15(9-4-12-3-2-10-19-16(11)12)17(21)20-14-7-5-13(18)6-8-14/h2-10H,1H3,(H,20,21). The molecule has 0 saturated carbocycles. The van der Waals surface area contributed by atoms with Crippen LogP contribution in [0.1, 0.15) is 15.9 Å². The predicted molar refractivity (Wildman–Crippen MR) is 85.9 cm³/mol. The fourth-order valence-electron chi connectivity index (χ4n) is 2.27. The molecular formula is C17H13ClN2O. The molecule has 0 spiro atoms. The van der Waals surface area contributed by atoms with E-state index in [1.54, 1.807) is 30.5 Å². The van der Waals surface area contributed by atoms with Gasteiger partial charge in [-0.2, -0.15) is 0 Å². The van der Waals surface area contributed by atoms with Gasteiger partial charge in [-0.05, 0) is 48.9 Å². The van der Waals surface area contributed by atoms with Crippen molar-refractivity contribution in [2.24, 2.45) is 0 Å². The van der Waals surface area contributed by atoms with E-state index in [-0.39, 0.29) is 5.91 Å². The fraction of sp³-hybridized carbons (Fsp3) is 0.0588. The van der Waals surface area contributed by atoms with Crippen LogP contribution in [0.2, 0.25) is 5.02 Å². The van der Waals surface area contributed by atoms with Gasteiger partial charge in [-0.25, -0.2) is 0 Å². The molecule has 0 aliphatic carbocycles. The number of hydrogen-bond donors (Lipinski definition) is 1. The molecule has 3 rings (SSSR count). The van der Waals surface area contributed by atoms with E-state index in [4.69, 9.17) is 11.6 Å². The van der Waals surface area contributed by atoms with Crippen molar-refractivity contribution < 1.29 is 4.79 Å². The largest absolute Gasteiger partial charge is 0.322 e. The fourth-order valence-corrected chi connectivity index (χ4v) is 2.39. The number of benzene rings is 2. The quantitative estimate of drug-likeness (QED) is 0.759. The number of carbonyl (C=O) groups is 1. The molecule has 0 fully saturated rings. The van der Waals surface area contributed by atoms with Crippen molar-refractivity contribution in [3.05, 3.63) is 70.9 Å². The van der Waals surface area contributed by atoms with Gasteiger partial charge in [0.1, 0.15) is 0 Å². The molecule has 2 aromatic carbocycles. The first-order valence-electron chi connectivity index (χ1n) is 6.56. The minimum absolute atomic E-state index is 0.151. The van der Waals surface area contributed by atoms with E-state index in [2.05, 4.69) is 10.3 Å². The van der Waals surface area contributed by atoms with E-state index in [9.17, 15) is 4.79 Å². The Balaban J connectivity index is 1.94. The van der Waals surface area contributed by atoms with Gasteiger partial charge in [-0.3, -0.25) is 9.78 Å². The van der Waals surface area contributed by atoms with E-state index in [1.165, 1.54) is 0 Å². The van der Waals surface area contributed by atoms with E-state index >= 15 is 0 Å². The highest BCUT2D eigenvalue weighted by Crippen LogP contribution is 2.21. The van der Waals surface area contributed by atoms with Crippen LogP contribution >= 0.6 is 11.6 Å². The van der Waals surface area contributed by atoms with Crippen molar-refractivity contribution in [1.29, 1.82) is 0 Å². The summed E-state index contributed by atoms with van der Waals surface area (Å²) in [5, 5.41) is 4.53. The van der Waals surface area contributed by atoms with E-state index < -0.39 is 0 Å². The Morgan fingerprint density at radius 1 is 1.10 bits per heavy atom. The zero-order valence-corrected chi connectivity index (χ0v) is 12.2. The normalized spacial score (nSPS) is 10.6. The molecule has 21 heavy (non-hydrogen) atoms. The van der Waals surface area contributed by atoms with Crippen LogP contribution in [0, 0.1) is 6.92 Å². The average Bonchev–Trinajstić information content (AvgIpc) is 2.50. The van der Waals surface area contributed by atoms with Crippen molar-refractivity contribution in [2.75, 3.05) is 5.32 Å². The average molecular weight is 297 g/mol. The number of aromatic nitrogens is 1. The molecule has 0 bridgehead atoms. The lowest BCUT2D eigenvalue weighted by Crippen LogP contribution is -2.13. The summed E-state index contributed by atoms with van der Waals surface area (Å²) >= 11 is 5.83. The van der Waals surface area contributed by atoms with Crippen molar-refractivity contribution in [1.82, 2.24) is 4.98 Å². The first-order valence-corrected chi connectivity index (χ1v) is 6.94. The first-order chi connectivity index (χ1) is 10.1. The van der Waals surface area contributed by atoms with Crippen molar-refractivity contribution in [3.8, 4) is 0 Å². The lowest BCUT2D eigenvalue weighted by atomic mass is 10.0. The lowest BCUT2D eigenvalue weighted by Gasteiger charge is -2.09. The number of pyridine rings is 1. The number of nitrogens with zero attached hydrogens (tertiary/aromatic N) is 1. The van der Waals surface area contributed by atoms with Crippen LogP contribution in [0.4, 0.5) is 5.69 Å². The monoisotopic (exact) mass is 296 g/mol. The second-order valence-electron chi connectivity index (χ2n) is 4.77. The number of halogens is 1. The summed E-state index contributed by atoms with van der Waals surface area (Å²) in [6, 6.07) is 14.6. The van der Waals surface area contributed by atoms with Gasteiger partial charge < -0.3 is 5.32 Å². The number of amides is 1. The van der Waals surface area contributed by atoms with E-state index in [1.807, 2.05) is 31.2 Å². The van der Waals surface area contributed by atoms with Gasteiger partial charge in [0.25, 0.3) is 5.91 Å². The van der Waals surface area contributed by atoms with E-state index in [0.717, 1.165) is 16.5 Å². The Bertz CT molecular complexity index is 813. The van der Waals surface area contributed by atoms with E-state index in [0.29, 0.717) is 16.3 Å². The Kier molecular flexibility index (Phi) is 3.59. The zero-order valence-electron chi connectivity index (χ0n) is 11.4. The van der Waals surface area contributed by atoms with Gasteiger partial charge >= 0.3 is 0 Å². The highest BCUT2D eigenvalue weighted by molar-refractivity contribution is 6.30. The third-order valence-electron chi connectivity index (χ3n) is 3.37. The molecule has 0 atom stereocenters. The molecule has 0 radical (unpaired) electrons. The molecule has 1 heterocycles. The smallest absolute Gasteiger partial charge is 0.256 e. The lowest BCUT2D eigenvalue weighted by molar-refractivity contribution is 0.102. The maximum Gasteiger partial charge on any atom is 0.256 e. The molecular weight excluding hydrogens is 284 g/mol. The third-order valence-corrected chi connectivity index (χ3v) is 3.63. The molecule has 104 valence electrons. The van der Waals surface area contributed by atoms with Gasteiger partial charge in [0, 0.05) is 27.9 Å². The van der Waals surface area contributed by atoms with Crippen LogP contribution in [0.5, 0.6) is 0 Å². The molecule has 0 unspecified atom stereocenters. The number of aryl methyl sites for hydroxylation is 1. The summed E-state index contributed by atoms with van der Waals surface area (Å²) in [5.41, 5.74) is 3.06. The molecule has 0 saturated heterocycles. The van der Waals surface area contributed by atoms with Crippen LogP contribution in [0.15, 0.2) is 54.7 Å². The SMILES string of the molecule is Cc1c(C(=O)Nc2ccc(Cl)cc2)ccc2cccnc12. The summed E-state index contributed by atoms with van der Waals surface area (Å²) in [7, 11) is 0. The van der Waals surface area contributed by atoms with Crippen LogP contribution < -0.4 is 5.32 Å². The molecule has 1 aromatic heterocycles. The summed E-state index contributed by atoms with van der Waals surface area (Å²) < 4.78 is 0. The molecule has 3 nitrogen and oxygen atoms in total. The van der Waals surface area contributed by atoms with Gasteiger partial charge in [0.05, 0.1) is 5.52 Å². The summed E-state index contributed by atoms with van der Waals surface area (Å²) in [6.45, 7) is 1.91. The number of fused-ring (bicyclic) bond motifs is 1. The third kappa shape index (κ3) is 2.73. The Morgan fingerprint density at radius 3 is 2.62 bits per heavy atom. The maximum atomic E-state index is 12.4. The first kappa shape index (κ1) is 13.6.